The first-order chi connectivity index (χ1) is 14.6. The summed E-state index contributed by atoms with van der Waals surface area (Å²) in [5.41, 5.74) is 2.33. The van der Waals surface area contributed by atoms with Crippen molar-refractivity contribution in [1.82, 2.24) is 9.38 Å². The Morgan fingerprint density at radius 3 is 2.87 bits per heavy atom. The van der Waals surface area contributed by atoms with Crippen LogP contribution in [0.25, 0.3) is 37.4 Å². The van der Waals surface area contributed by atoms with Crippen molar-refractivity contribution in [3.8, 4) is 17.0 Å². The summed E-state index contributed by atoms with van der Waals surface area (Å²) >= 11 is 1.43. The smallest absolute Gasteiger partial charge is 0.345 e. The molecule has 0 aliphatic carbocycles. The van der Waals surface area contributed by atoms with Gasteiger partial charge in [-0.2, -0.15) is 0 Å². The van der Waals surface area contributed by atoms with Crippen LogP contribution < -0.4 is 10.4 Å². The fraction of sp³-hybridized carbons (Fsp3) is 0.136. The number of imidazole rings is 1. The number of aromatic nitrogens is 2. The first-order valence-corrected chi connectivity index (χ1v) is 10.1. The molecule has 0 radical (unpaired) electrons. The van der Waals surface area contributed by atoms with Gasteiger partial charge in [-0.1, -0.05) is 11.3 Å². The Morgan fingerprint density at radius 1 is 1.20 bits per heavy atom. The Balaban J connectivity index is 1.62. The second kappa shape index (κ2) is 7.00. The Bertz CT molecular complexity index is 1490. The molecule has 0 N–H and O–H groups in total. The van der Waals surface area contributed by atoms with Crippen molar-refractivity contribution in [2.24, 2.45) is 0 Å². The van der Waals surface area contributed by atoms with E-state index in [-0.39, 0.29) is 5.97 Å². The molecule has 0 aliphatic rings. The number of ether oxygens (including phenoxy) is 2. The van der Waals surface area contributed by atoms with Crippen LogP contribution in [0.2, 0.25) is 0 Å². The summed E-state index contributed by atoms with van der Waals surface area (Å²) in [5, 5.41) is 0.754. The molecule has 5 aromatic rings. The average molecular weight is 420 g/mol. The van der Waals surface area contributed by atoms with Crippen LogP contribution in [-0.2, 0) is 4.74 Å². The summed E-state index contributed by atoms with van der Waals surface area (Å²) in [7, 11) is 1.59. The molecule has 3 aromatic heterocycles. The number of esters is 1. The van der Waals surface area contributed by atoms with E-state index in [4.69, 9.17) is 13.9 Å². The van der Waals surface area contributed by atoms with E-state index in [9.17, 15) is 9.59 Å². The predicted molar refractivity (Wildman–Crippen MR) is 115 cm³/mol. The third kappa shape index (κ3) is 2.93. The van der Waals surface area contributed by atoms with Gasteiger partial charge in [0.1, 0.15) is 11.3 Å². The van der Waals surface area contributed by atoms with Crippen molar-refractivity contribution in [2.75, 3.05) is 13.7 Å². The number of thiazole rings is 1. The number of carbonyl (C=O) groups excluding carboxylic acids is 1. The Kier molecular flexibility index (Phi) is 4.29. The lowest BCUT2D eigenvalue weighted by atomic mass is 10.1. The lowest BCUT2D eigenvalue weighted by Crippen LogP contribution is -2.04. The highest BCUT2D eigenvalue weighted by Crippen LogP contribution is 2.30. The Hall–Kier alpha value is -3.65. The molecule has 0 amide bonds. The molecule has 8 heteroatoms. The summed E-state index contributed by atoms with van der Waals surface area (Å²) in [6, 6.07) is 12.4. The zero-order valence-corrected chi connectivity index (χ0v) is 17.0. The molecular weight excluding hydrogens is 404 g/mol. The molecule has 0 fully saturated rings. The van der Waals surface area contributed by atoms with Gasteiger partial charge in [0.15, 0.2) is 4.96 Å². The second-order valence-corrected chi connectivity index (χ2v) is 7.64. The molecule has 0 atom stereocenters. The maximum Gasteiger partial charge on any atom is 0.345 e. The summed E-state index contributed by atoms with van der Waals surface area (Å²) in [4.78, 5) is 29.8. The van der Waals surface area contributed by atoms with E-state index < -0.39 is 5.63 Å². The summed E-state index contributed by atoms with van der Waals surface area (Å²) < 4.78 is 18.6. The van der Waals surface area contributed by atoms with Crippen LogP contribution in [0.4, 0.5) is 0 Å². The minimum absolute atomic E-state index is 0.328. The number of hydrogen-bond donors (Lipinski definition) is 0. The number of rotatable bonds is 4. The molecule has 5 rings (SSSR count). The lowest BCUT2D eigenvalue weighted by Gasteiger charge is -2.03. The van der Waals surface area contributed by atoms with Crippen molar-refractivity contribution in [1.29, 1.82) is 0 Å². The fourth-order valence-corrected chi connectivity index (χ4v) is 4.43. The van der Waals surface area contributed by atoms with Crippen LogP contribution in [0, 0.1) is 0 Å². The van der Waals surface area contributed by atoms with Gasteiger partial charge in [0.05, 0.1) is 40.8 Å². The van der Waals surface area contributed by atoms with Crippen LogP contribution >= 0.6 is 11.3 Å². The molecule has 0 saturated carbocycles. The van der Waals surface area contributed by atoms with Crippen molar-refractivity contribution >= 4 is 43.5 Å². The predicted octanol–water partition coefficient (Wildman–Crippen LogP) is 4.51. The first-order valence-electron chi connectivity index (χ1n) is 9.28. The highest BCUT2D eigenvalue weighted by atomic mass is 32.1. The van der Waals surface area contributed by atoms with E-state index in [1.165, 1.54) is 11.3 Å². The minimum Gasteiger partial charge on any atom is -0.497 e. The van der Waals surface area contributed by atoms with E-state index in [0.29, 0.717) is 39.7 Å². The van der Waals surface area contributed by atoms with Crippen molar-refractivity contribution in [3.05, 3.63) is 64.6 Å². The molecule has 7 nitrogen and oxygen atoms in total. The zero-order valence-electron chi connectivity index (χ0n) is 16.2. The van der Waals surface area contributed by atoms with Crippen LogP contribution in [0.3, 0.4) is 0 Å². The molecule has 0 aliphatic heterocycles. The summed E-state index contributed by atoms with van der Waals surface area (Å²) in [6.07, 6.45) is 1.80. The molecule has 30 heavy (non-hydrogen) atoms. The number of carbonyl (C=O) groups is 1. The van der Waals surface area contributed by atoms with Crippen LogP contribution in [0.15, 0.2) is 57.9 Å². The van der Waals surface area contributed by atoms with Gasteiger partial charge in [-0.05, 0) is 49.4 Å². The van der Waals surface area contributed by atoms with Crippen molar-refractivity contribution in [2.45, 2.75) is 6.92 Å². The molecule has 150 valence electrons. The molecule has 0 bridgehead atoms. The number of fused-ring (bicyclic) bond motifs is 4. The number of benzene rings is 2. The quantitative estimate of drug-likeness (QED) is 0.314. The normalized spacial score (nSPS) is 11.4. The van der Waals surface area contributed by atoms with Gasteiger partial charge in [-0.15, -0.1) is 0 Å². The maximum atomic E-state index is 12.5. The van der Waals surface area contributed by atoms with E-state index in [1.54, 1.807) is 50.6 Å². The standard InChI is InChI=1S/C22H16N2O5S/c1-3-28-20(25)12-4-6-17-19(10-12)30-22-23-16(11-24(17)22)15-9-13-8-14(27-2)5-7-18(13)29-21(15)26/h4-11H,3H2,1-2H3. The van der Waals surface area contributed by atoms with Gasteiger partial charge in [-0.3, -0.25) is 4.40 Å². The van der Waals surface area contributed by atoms with Gasteiger partial charge in [0, 0.05) is 11.6 Å². The van der Waals surface area contributed by atoms with Crippen molar-refractivity contribution in [3.63, 3.8) is 0 Å². The Morgan fingerprint density at radius 2 is 2.07 bits per heavy atom. The highest BCUT2D eigenvalue weighted by molar-refractivity contribution is 7.23. The molecule has 0 unspecified atom stereocenters. The van der Waals surface area contributed by atoms with Crippen LogP contribution in [0.1, 0.15) is 17.3 Å². The average Bonchev–Trinajstić information content (AvgIpc) is 3.30. The topological polar surface area (TPSA) is 83.0 Å². The lowest BCUT2D eigenvalue weighted by molar-refractivity contribution is 0.0526. The van der Waals surface area contributed by atoms with Gasteiger partial charge in [0.2, 0.25) is 0 Å². The van der Waals surface area contributed by atoms with Crippen LogP contribution in [-0.4, -0.2) is 29.1 Å². The maximum absolute atomic E-state index is 12.5. The Labute approximate surface area is 174 Å². The third-order valence-electron chi connectivity index (χ3n) is 4.82. The van der Waals surface area contributed by atoms with E-state index in [1.807, 2.05) is 16.5 Å². The van der Waals surface area contributed by atoms with Crippen molar-refractivity contribution < 1.29 is 18.7 Å². The van der Waals surface area contributed by atoms with Gasteiger partial charge < -0.3 is 13.9 Å². The number of hydrogen-bond acceptors (Lipinski definition) is 7. The number of methoxy groups -OCH3 is 1. The summed E-state index contributed by atoms with van der Waals surface area (Å²) in [5.74, 6) is 0.326. The monoisotopic (exact) mass is 420 g/mol. The summed E-state index contributed by atoms with van der Waals surface area (Å²) in [6.45, 7) is 2.10. The zero-order chi connectivity index (χ0) is 20.8. The van der Waals surface area contributed by atoms with E-state index in [0.717, 1.165) is 15.6 Å². The molecule has 2 aromatic carbocycles. The molecule has 3 heterocycles. The fourth-order valence-electron chi connectivity index (χ4n) is 3.38. The second-order valence-electron chi connectivity index (χ2n) is 6.64. The SMILES string of the molecule is CCOC(=O)c1ccc2c(c1)sc1nc(-c3cc4cc(OC)ccc4oc3=O)cn12. The molecule has 0 spiro atoms. The van der Waals surface area contributed by atoms with Crippen LogP contribution in [0.5, 0.6) is 5.75 Å². The molecule has 0 saturated heterocycles. The minimum atomic E-state index is -0.452. The first kappa shape index (κ1) is 18.4. The van der Waals surface area contributed by atoms with E-state index >= 15 is 0 Å². The van der Waals surface area contributed by atoms with E-state index in [2.05, 4.69) is 4.98 Å². The third-order valence-corrected chi connectivity index (χ3v) is 5.84. The largest absolute Gasteiger partial charge is 0.497 e. The molecular formula is C22H16N2O5S. The van der Waals surface area contributed by atoms with Gasteiger partial charge in [0.25, 0.3) is 0 Å². The van der Waals surface area contributed by atoms with Gasteiger partial charge >= 0.3 is 11.6 Å². The number of nitrogens with zero attached hydrogens (tertiary/aromatic N) is 2. The van der Waals surface area contributed by atoms with Gasteiger partial charge in [-0.25, -0.2) is 14.6 Å². The highest BCUT2D eigenvalue weighted by Gasteiger charge is 2.16.